The molecule has 0 aliphatic carbocycles. The molecule has 2 amide bonds. The average Bonchev–Trinajstić information content (AvgIpc) is 2.94. The normalized spacial score (nSPS) is 18.1. The summed E-state index contributed by atoms with van der Waals surface area (Å²) in [6, 6.07) is 4.05. The highest BCUT2D eigenvalue weighted by Gasteiger charge is 2.29. The molecule has 2 rings (SSSR count). The van der Waals surface area contributed by atoms with E-state index in [4.69, 9.17) is 10.5 Å². The summed E-state index contributed by atoms with van der Waals surface area (Å²) in [6.07, 6.45) is 1.11. The van der Waals surface area contributed by atoms with Gasteiger partial charge in [-0.3, -0.25) is 0 Å². The van der Waals surface area contributed by atoms with Crippen molar-refractivity contribution in [1.29, 1.82) is 0 Å². The van der Waals surface area contributed by atoms with Gasteiger partial charge in [0, 0.05) is 19.1 Å². The number of benzene rings is 1. The maximum absolute atomic E-state index is 11.4. The van der Waals surface area contributed by atoms with Crippen LogP contribution in [0.5, 0.6) is 5.75 Å². The van der Waals surface area contributed by atoms with Crippen LogP contribution in [0, 0.1) is 0 Å². The molecule has 1 saturated heterocycles. The maximum Gasteiger partial charge on any atom is 0.316 e. The Hall–Kier alpha value is -1.95. The molecule has 1 aromatic carbocycles. The van der Waals surface area contributed by atoms with E-state index < -0.39 is 6.03 Å². The number of likely N-dealkylation sites (N-methyl/N-ethyl adjacent to an activating group) is 1. The number of primary amides is 1. The molecule has 1 atom stereocenters. The molecule has 0 radical (unpaired) electrons. The summed E-state index contributed by atoms with van der Waals surface area (Å²) in [7, 11) is 5.84. The van der Waals surface area contributed by atoms with Crippen molar-refractivity contribution in [2.75, 3.05) is 44.5 Å². The van der Waals surface area contributed by atoms with Crippen LogP contribution in [0.4, 0.5) is 16.2 Å². The Kier molecular flexibility index (Phi) is 5.28. The second kappa shape index (κ2) is 6.89. The van der Waals surface area contributed by atoms with Crippen LogP contribution in [-0.4, -0.2) is 51.3 Å². The molecule has 0 saturated carbocycles. The van der Waals surface area contributed by atoms with Gasteiger partial charge < -0.3 is 25.6 Å². The molecule has 24 heavy (non-hydrogen) atoms. The van der Waals surface area contributed by atoms with Gasteiger partial charge in [0.15, 0.2) is 5.75 Å². The van der Waals surface area contributed by atoms with Crippen LogP contribution in [-0.2, 0) is 5.41 Å². The number of hydrogen-bond donors (Lipinski definition) is 2. The molecule has 1 aliphatic heterocycles. The minimum atomic E-state index is -0.585. The van der Waals surface area contributed by atoms with E-state index in [1.54, 1.807) is 7.11 Å². The van der Waals surface area contributed by atoms with Crippen molar-refractivity contribution in [2.24, 2.45) is 5.73 Å². The SMILES string of the molecule is COc1c(NC(N)=O)cc(C(C)(C)C)cc1N1CCC(N(C)C)C1. The maximum atomic E-state index is 11.4. The van der Waals surface area contributed by atoms with Crippen molar-refractivity contribution in [2.45, 2.75) is 38.6 Å². The lowest BCUT2D eigenvalue weighted by Gasteiger charge is -2.28. The van der Waals surface area contributed by atoms with Crippen molar-refractivity contribution < 1.29 is 9.53 Å². The van der Waals surface area contributed by atoms with Gasteiger partial charge in [0.05, 0.1) is 18.5 Å². The number of carbonyl (C=O) groups is 1. The zero-order valence-corrected chi connectivity index (χ0v) is 15.6. The molecule has 0 aromatic heterocycles. The Labute approximate surface area is 144 Å². The zero-order chi connectivity index (χ0) is 18.1. The van der Waals surface area contributed by atoms with E-state index in [-0.39, 0.29) is 5.41 Å². The van der Waals surface area contributed by atoms with Crippen LogP contribution in [0.15, 0.2) is 12.1 Å². The molecule has 0 spiro atoms. The molecular weight excluding hydrogens is 304 g/mol. The number of carbonyl (C=O) groups excluding carboxylic acids is 1. The quantitative estimate of drug-likeness (QED) is 0.888. The summed E-state index contributed by atoms with van der Waals surface area (Å²) in [5.74, 6) is 0.668. The van der Waals surface area contributed by atoms with Gasteiger partial charge in [0.1, 0.15) is 0 Å². The number of nitrogens with zero attached hydrogens (tertiary/aromatic N) is 2. The second-order valence-corrected chi connectivity index (χ2v) is 7.67. The van der Waals surface area contributed by atoms with Gasteiger partial charge in [-0.15, -0.1) is 0 Å². The summed E-state index contributed by atoms with van der Waals surface area (Å²) in [4.78, 5) is 16.0. The highest BCUT2D eigenvalue weighted by molar-refractivity contribution is 5.92. The van der Waals surface area contributed by atoms with E-state index in [1.807, 2.05) is 6.07 Å². The van der Waals surface area contributed by atoms with Crippen LogP contribution in [0.1, 0.15) is 32.8 Å². The number of rotatable bonds is 4. The minimum absolute atomic E-state index is 0.0459. The third-order valence-corrected chi connectivity index (χ3v) is 4.63. The Morgan fingerprint density at radius 2 is 2.04 bits per heavy atom. The molecule has 0 bridgehead atoms. The van der Waals surface area contributed by atoms with E-state index in [0.717, 1.165) is 30.8 Å². The van der Waals surface area contributed by atoms with Gasteiger partial charge in [-0.2, -0.15) is 0 Å². The van der Waals surface area contributed by atoms with E-state index in [1.165, 1.54) is 0 Å². The number of methoxy groups -OCH3 is 1. The smallest absolute Gasteiger partial charge is 0.316 e. The minimum Gasteiger partial charge on any atom is -0.492 e. The topological polar surface area (TPSA) is 70.8 Å². The summed E-state index contributed by atoms with van der Waals surface area (Å²) in [5.41, 5.74) is 8.07. The molecule has 134 valence electrons. The standard InChI is InChI=1S/C18H30N4O2/c1-18(2,3)12-9-14(20-17(19)23)16(24-6)15(10-12)22-8-7-13(11-22)21(4)5/h9-10,13H,7-8,11H2,1-6H3,(H3,19,20,23). The highest BCUT2D eigenvalue weighted by atomic mass is 16.5. The van der Waals surface area contributed by atoms with E-state index in [9.17, 15) is 4.79 Å². The molecular formula is C18H30N4O2. The van der Waals surface area contributed by atoms with E-state index in [2.05, 4.69) is 56.0 Å². The van der Waals surface area contributed by atoms with Crippen LogP contribution in [0.2, 0.25) is 0 Å². The fourth-order valence-electron chi connectivity index (χ4n) is 3.10. The van der Waals surface area contributed by atoms with E-state index >= 15 is 0 Å². The van der Waals surface area contributed by atoms with Crippen LogP contribution < -0.4 is 20.7 Å². The van der Waals surface area contributed by atoms with Crippen LogP contribution in [0.25, 0.3) is 0 Å². The Morgan fingerprint density at radius 1 is 1.38 bits per heavy atom. The van der Waals surface area contributed by atoms with Gasteiger partial charge in [0.2, 0.25) is 0 Å². The first-order valence-corrected chi connectivity index (χ1v) is 8.34. The second-order valence-electron chi connectivity index (χ2n) is 7.67. The van der Waals surface area contributed by atoms with Crippen molar-refractivity contribution in [3.63, 3.8) is 0 Å². The third-order valence-electron chi connectivity index (χ3n) is 4.63. The first kappa shape index (κ1) is 18.4. The lowest BCUT2D eigenvalue weighted by atomic mass is 9.86. The fourth-order valence-corrected chi connectivity index (χ4v) is 3.10. The van der Waals surface area contributed by atoms with Crippen molar-refractivity contribution >= 4 is 17.4 Å². The molecule has 3 N–H and O–H groups in total. The Balaban J connectivity index is 2.50. The van der Waals surface area contributed by atoms with Gasteiger partial charge in [0.25, 0.3) is 0 Å². The van der Waals surface area contributed by atoms with E-state index in [0.29, 0.717) is 17.5 Å². The number of anilines is 2. The molecule has 1 aromatic rings. The number of hydrogen-bond acceptors (Lipinski definition) is 4. The fraction of sp³-hybridized carbons (Fsp3) is 0.611. The summed E-state index contributed by atoms with van der Waals surface area (Å²) >= 11 is 0. The van der Waals surface area contributed by atoms with Crippen LogP contribution >= 0.6 is 0 Å². The number of ether oxygens (including phenoxy) is 1. The number of amides is 2. The van der Waals surface area contributed by atoms with Crippen LogP contribution in [0.3, 0.4) is 0 Å². The highest BCUT2D eigenvalue weighted by Crippen LogP contribution is 2.41. The predicted molar refractivity (Wildman–Crippen MR) is 99.2 cm³/mol. The number of urea groups is 1. The Morgan fingerprint density at radius 3 is 2.50 bits per heavy atom. The molecule has 1 fully saturated rings. The van der Waals surface area contributed by atoms with Gasteiger partial charge in [-0.25, -0.2) is 4.79 Å². The van der Waals surface area contributed by atoms with Crippen molar-refractivity contribution in [3.05, 3.63) is 17.7 Å². The lowest BCUT2D eigenvalue weighted by Crippen LogP contribution is -2.32. The summed E-state index contributed by atoms with van der Waals surface area (Å²) in [6.45, 7) is 8.35. The summed E-state index contributed by atoms with van der Waals surface area (Å²) in [5, 5.41) is 2.71. The van der Waals surface area contributed by atoms with Gasteiger partial charge in [-0.1, -0.05) is 20.8 Å². The number of nitrogens with one attached hydrogen (secondary N) is 1. The third kappa shape index (κ3) is 3.93. The molecule has 6 nitrogen and oxygen atoms in total. The average molecular weight is 334 g/mol. The van der Waals surface area contributed by atoms with Gasteiger partial charge >= 0.3 is 6.03 Å². The monoisotopic (exact) mass is 334 g/mol. The lowest BCUT2D eigenvalue weighted by molar-refractivity contribution is 0.259. The predicted octanol–water partition coefficient (Wildman–Crippen LogP) is 2.62. The van der Waals surface area contributed by atoms with Gasteiger partial charge in [-0.05, 0) is 43.6 Å². The van der Waals surface area contributed by atoms with Crippen molar-refractivity contribution in [1.82, 2.24) is 4.90 Å². The number of nitrogens with two attached hydrogens (primary N) is 1. The van der Waals surface area contributed by atoms with Crippen molar-refractivity contribution in [3.8, 4) is 5.75 Å². The largest absolute Gasteiger partial charge is 0.492 e. The zero-order valence-electron chi connectivity index (χ0n) is 15.6. The first-order chi connectivity index (χ1) is 11.1. The Bertz CT molecular complexity index is 608. The molecule has 1 aliphatic rings. The molecule has 1 unspecified atom stereocenters. The molecule has 6 heteroatoms. The summed E-state index contributed by atoms with van der Waals surface area (Å²) < 4.78 is 5.63. The first-order valence-electron chi connectivity index (χ1n) is 8.34. The molecule has 1 heterocycles.